The van der Waals surface area contributed by atoms with E-state index in [0.717, 1.165) is 0 Å². The van der Waals surface area contributed by atoms with Crippen molar-refractivity contribution in [1.82, 2.24) is 20.0 Å². The van der Waals surface area contributed by atoms with E-state index in [0.29, 0.717) is 44.0 Å². The van der Waals surface area contributed by atoms with Gasteiger partial charge in [-0.2, -0.15) is 18.2 Å². The van der Waals surface area contributed by atoms with Gasteiger partial charge in [0.25, 0.3) is 0 Å². The molecule has 2 aromatic rings. The van der Waals surface area contributed by atoms with Crippen LogP contribution in [0.3, 0.4) is 0 Å². The fourth-order valence-electron chi connectivity index (χ4n) is 2.57. The van der Waals surface area contributed by atoms with Gasteiger partial charge in [-0.05, 0) is 12.1 Å². The van der Waals surface area contributed by atoms with Crippen LogP contribution in [0.15, 0.2) is 22.9 Å². The second-order valence-electron chi connectivity index (χ2n) is 5.55. The summed E-state index contributed by atoms with van der Waals surface area (Å²) in [6.45, 7) is 4.37. The summed E-state index contributed by atoms with van der Waals surface area (Å²) in [5.74, 6) is -0.736. The smallest absolute Gasteiger partial charge is 0.353 e. The Kier molecular flexibility index (Phi) is 4.60. The molecule has 0 atom stereocenters. The maximum atomic E-state index is 12.5. The molecular formula is C15H16F3N5O2. The maximum absolute atomic E-state index is 12.5. The molecule has 0 aliphatic carbocycles. The highest BCUT2D eigenvalue weighted by Gasteiger charge is 2.38. The van der Waals surface area contributed by atoms with Crippen molar-refractivity contribution in [1.29, 1.82) is 0 Å². The Bertz CT molecular complexity index is 736. The summed E-state index contributed by atoms with van der Waals surface area (Å²) in [7, 11) is 0. The molecule has 1 fully saturated rings. The van der Waals surface area contributed by atoms with Crippen LogP contribution in [-0.2, 0) is 11.0 Å². The van der Waals surface area contributed by atoms with E-state index in [4.69, 9.17) is 0 Å². The summed E-state index contributed by atoms with van der Waals surface area (Å²) >= 11 is 0. The van der Waals surface area contributed by atoms with Crippen LogP contribution in [0.4, 0.5) is 19.0 Å². The van der Waals surface area contributed by atoms with Crippen molar-refractivity contribution in [2.75, 3.05) is 31.1 Å². The number of amides is 1. The summed E-state index contributed by atoms with van der Waals surface area (Å²) in [5, 5.41) is 3.33. The molecule has 1 aliphatic heterocycles. The number of anilines is 1. The van der Waals surface area contributed by atoms with Gasteiger partial charge in [0.05, 0.1) is 0 Å². The van der Waals surface area contributed by atoms with E-state index in [2.05, 4.69) is 19.6 Å². The molecule has 3 heterocycles. The Morgan fingerprint density at radius 3 is 2.48 bits per heavy atom. The van der Waals surface area contributed by atoms with Crippen molar-refractivity contribution >= 4 is 11.7 Å². The zero-order valence-corrected chi connectivity index (χ0v) is 13.5. The van der Waals surface area contributed by atoms with Crippen LogP contribution < -0.4 is 4.90 Å². The van der Waals surface area contributed by atoms with Crippen LogP contribution in [0.1, 0.15) is 19.2 Å². The van der Waals surface area contributed by atoms with Crippen molar-refractivity contribution in [2.24, 2.45) is 0 Å². The predicted molar refractivity (Wildman–Crippen MR) is 81.6 cm³/mol. The monoisotopic (exact) mass is 355 g/mol. The molecule has 0 unspecified atom stereocenters. The van der Waals surface area contributed by atoms with Crippen LogP contribution in [0, 0.1) is 0 Å². The zero-order chi connectivity index (χ0) is 18.0. The lowest BCUT2D eigenvalue weighted by Gasteiger charge is -2.35. The van der Waals surface area contributed by atoms with Crippen molar-refractivity contribution in [3.8, 4) is 11.4 Å². The number of alkyl halides is 3. The quantitative estimate of drug-likeness (QED) is 0.840. The molecule has 7 nitrogen and oxygen atoms in total. The molecule has 3 rings (SSSR count). The lowest BCUT2D eigenvalue weighted by atomic mass is 10.2. The number of nitrogens with zero attached hydrogens (tertiary/aromatic N) is 5. The lowest BCUT2D eigenvalue weighted by molar-refractivity contribution is -0.159. The third-order valence-corrected chi connectivity index (χ3v) is 3.93. The third-order valence-electron chi connectivity index (χ3n) is 3.93. The number of piperazine rings is 1. The van der Waals surface area contributed by atoms with E-state index in [1.165, 1.54) is 6.20 Å². The fraction of sp³-hybridized carbons (Fsp3) is 0.467. The van der Waals surface area contributed by atoms with Gasteiger partial charge in [-0.1, -0.05) is 12.1 Å². The van der Waals surface area contributed by atoms with Crippen molar-refractivity contribution in [2.45, 2.75) is 19.5 Å². The molecule has 0 spiro atoms. The largest absolute Gasteiger partial charge is 0.471 e. The molecule has 10 heteroatoms. The van der Waals surface area contributed by atoms with Gasteiger partial charge >= 0.3 is 12.1 Å². The van der Waals surface area contributed by atoms with E-state index in [9.17, 15) is 18.0 Å². The maximum Gasteiger partial charge on any atom is 0.471 e. The average molecular weight is 355 g/mol. The first-order valence-electron chi connectivity index (χ1n) is 7.78. The SMILES string of the molecule is CCC(=O)N1CCN(c2ccc(-c3noc(C(F)(F)F)n3)cn2)CC1. The summed E-state index contributed by atoms with van der Waals surface area (Å²) in [6, 6.07) is 3.28. The van der Waals surface area contributed by atoms with Crippen LogP contribution >= 0.6 is 0 Å². The van der Waals surface area contributed by atoms with Gasteiger partial charge in [0, 0.05) is 44.4 Å². The zero-order valence-electron chi connectivity index (χ0n) is 13.5. The highest BCUT2D eigenvalue weighted by molar-refractivity contribution is 5.76. The molecule has 2 aromatic heterocycles. The fourth-order valence-corrected chi connectivity index (χ4v) is 2.57. The van der Waals surface area contributed by atoms with E-state index >= 15 is 0 Å². The number of halogens is 3. The molecular weight excluding hydrogens is 339 g/mol. The molecule has 134 valence electrons. The van der Waals surface area contributed by atoms with E-state index < -0.39 is 12.1 Å². The minimum Gasteiger partial charge on any atom is -0.353 e. The van der Waals surface area contributed by atoms with E-state index in [-0.39, 0.29) is 11.7 Å². The van der Waals surface area contributed by atoms with Crippen LogP contribution in [0.25, 0.3) is 11.4 Å². The number of pyridine rings is 1. The van der Waals surface area contributed by atoms with E-state index in [1.54, 1.807) is 12.1 Å². The Hall–Kier alpha value is -2.65. The Balaban J connectivity index is 1.67. The summed E-state index contributed by atoms with van der Waals surface area (Å²) in [6.07, 6.45) is -2.78. The first-order valence-corrected chi connectivity index (χ1v) is 7.78. The Labute approximate surface area is 141 Å². The topological polar surface area (TPSA) is 75.4 Å². The second-order valence-corrected chi connectivity index (χ2v) is 5.55. The van der Waals surface area contributed by atoms with Crippen molar-refractivity contribution < 1.29 is 22.5 Å². The van der Waals surface area contributed by atoms with Crippen LogP contribution in [0.2, 0.25) is 0 Å². The summed E-state index contributed by atoms with van der Waals surface area (Å²) in [4.78, 5) is 23.1. The number of hydrogen-bond acceptors (Lipinski definition) is 6. The van der Waals surface area contributed by atoms with Gasteiger partial charge in [0.2, 0.25) is 11.7 Å². The molecule has 1 saturated heterocycles. The minimum atomic E-state index is -4.67. The molecule has 0 saturated carbocycles. The van der Waals surface area contributed by atoms with Crippen LogP contribution in [-0.4, -0.2) is 52.1 Å². The summed E-state index contributed by atoms with van der Waals surface area (Å²) in [5.41, 5.74) is 0.336. The molecule has 25 heavy (non-hydrogen) atoms. The molecule has 0 N–H and O–H groups in total. The van der Waals surface area contributed by atoms with Crippen molar-refractivity contribution in [3.05, 3.63) is 24.2 Å². The molecule has 0 aromatic carbocycles. The number of rotatable bonds is 3. The third kappa shape index (κ3) is 3.72. The standard InChI is InChI=1S/C15H16F3N5O2/c1-2-12(24)23-7-5-22(6-8-23)11-4-3-10(9-19-11)13-20-14(25-21-13)15(16,17)18/h3-4,9H,2,5-8H2,1H3. The first kappa shape index (κ1) is 17.2. The van der Waals surface area contributed by atoms with Gasteiger partial charge in [-0.3, -0.25) is 4.79 Å². The Morgan fingerprint density at radius 2 is 1.96 bits per heavy atom. The number of aromatic nitrogens is 3. The van der Waals surface area contributed by atoms with Crippen molar-refractivity contribution in [3.63, 3.8) is 0 Å². The molecule has 1 aliphatic rings. The van der Waals surface area contributed by atoms with Gasteiger partial charge in [0.15, 0.2) is 0 Å². The molecule has 0 radical (unpaired) electrons. The van der Waals surface area contributed by atoms with Gasteiger partial charge in [-0.15, -0.1) is 0 Å². The lowest BCUT2D eigenvalue weighted by Crippen LogP contribution is -2.48. The number of carbonyl (C=O) groups is 1. The normalized spacial score (nSPS) is 15.5. The molecule has 1 amide bonds. The predicted octanol–water partition coefficient (Wildman–Crippen LogP) is 2.21. The van der Waals surface area contributed by atoms with E-state index in [1.807, 2.05) is 16.7 Å². The van der Waals surface area contributed by atoms with Gasteiger partial charge in [-0.25, -0.2) is 4.98 Å². The molecule has 0 bridgehead atoms. The number of hydrogen-bond donors (Lipinski definition) is 0. The van der Waals surface area contributed by atoms with Gasteiger partial charge in [0.1, 0.15) is 5.82 Å². The summed E-state index contributed by atoms with van der Waals surface area (Å²) < 4.78 is 41.7. The first-order chi connectivity index (χ1) is 11.9. The number of carbonyl (C=O) groups excluding carboxylic acids is 1. The highest BCUT2D eigenvalue weighted by atomic mass is 19.4. The van der Waals surface area contributed by atoms with Gasteiger partial charge < -0.3 is 14.3 Å². The van der Waals surface area contributed by atoms with Crippen LogP contribution in [0.5, 0.6) is 0 Å². The highest BCUT2D eigenvalue weighted by Crippen LogP contribution is 2.29. The minimum absolute atomic E-state index is 0.125. The second kappa shape index (κ2) is 6.69. The Morgan fingerprint density at radius 1 is 1.24 bits per heavy atom. The average Bonchev–Trinajstić information content (AvgIpc) is 3.12.